The van der Waals surface area contributed by atoms with E-state index in [1.807, 2.05) is 42.9 Å². The summed E-state index contributed by atoms with van der Waals surface area (Å²) in [4.78, 5) is 14.3. The summed E-state index contributed by atoms with van der Waals surface area (Å²) in [6.45, 7) is 1.73. The molecule has 0 saturated heterocycles. The Kier molecular flexibility index (Phi) is 6.47. The standard InChI is InChI=1S/C15H19N5O2S.ClH/c1-16-9-13-17-18-15(19(13)2)23-10-14(21)20-7-8-22-12-6-4-3-5-11(12)20;/h3-6,16H,7-10H2,1-2H3;1H. The van der Waals surface area contributed by atoms with Crippen molar-refractivity contribution in [2.45, 2.75) is 11.7 Å². The summed E-state index contributed by atoms with van der Waals surface area (Å²) in [5, 5.41) is 12.0. The Morgan fingerprint density at radius 3 is 2.96 bits per heavy atom. The largest absolute Gasteiger partial charge is 0.490 e. The van der Waals surface area contributed by atoms with Gasteiger partial charge in [-0.1, -0.05) is 23.9 Å². The molecule has 1 aromatic heterocycles. The molecule has 1 aliphatic heterocycles. The number of carbonyl (C=O) groups is 1. The molecule has 1 aliphatic rings. The van der Waals surface area contributed by atoms with Crippen molar-refractivity contribution >= 4 is 35.8 Å². The molecule has 2 heterocycles. The van der Waals surface area contributed by atoms with Crippen molar-refractivity contribution in [2.75, 3.05) is 30.9 Å². The van der Waals surface area contributed by atoms with E-state index in [0.717, 1.165) is 22.4 Å². The SMILES string of the molecule is CNCc1nnc(SCC(=O)N2CCOc3ccccc32)n1C.Cl. The lowest BCUT2D eigenvalue weighted by Gasteiger charge is -2.29. The van der Waals surface area contributed by atoms with Gasteiger partial charge in [0.1, 0.15) is 18.2 Å². The third kappa shape index (κ3) is 3.82. The van der Waals surface area contributed by atoms with Crippen molar-refractivity contribution < 1.29 is 9.53 Å². The van der Waals surface area contributed by atoms with Crippen LogP contribution >= 0.6 is 24.2 Å². The number of nitrogens with zero attached hydrogens (tertiary/aromatic N) is 4. The van der Waals surface area contributed by atoms with Gasteiger partial charge in [0.25, 0.3) is 0 Å². The first kappa shape index (κ1) is 18.6. The van der Waals surface area contributed by atoms with Crippen molar-refractivity contribution in [1.82, 2.24) is 20.1 Å². The predicted molar refractivity (Wildman–Crippen MR) is 96.0 cm³/mol. The monoisotopic (exact) mass is 369 g/mol. The average Bonchev–Trinajstić information content (AvgIpc) is 2.93. The first-order valence-electron chi connectivity index (χ1n) is 7.38. The highest BCUT2D eigenvalue weighted by molar-refractivity contribution is 7.99. The Balaban J connectivity index is 0.00000208. The van der Waals surface area contributed by atoms with Crippen LogP contribution in [0.3, 0.4) is 0 Å². The van der Waals surface area contributed by atoms with Crippen LogP contribution in [0.4, 0.5) is 5.69 Å². The average molecular weight is 370 g/mol. The van der Waals surface area contributed by atoms with Crippen LogP contribution in [-0.2, 0) is 18.4 Å². The maximum atomic E-state index is 12.6. The second-order valence-electron chi connectivity index (χ2n) is 5.14. The van der Waals surface area contributed by atoms with Crippen molar-refractivity contribution in [1.29, 1.82) is 0 Å². The molecule has 1 N–H and O–H groups in total. The minimum absolute atomic E-state index is 0. The molecular formula is C15H20ClN5O2S. The fraction of sp³-hybridized carbons (Fsp3) is 0.400. The summed E-state index contributed by atoms with van der Waals surface area (Å²) in [6.07, 6.45) is 0. The molecule has 24 heavy (non-hydrogen) atoms. The van der Waals surface area contributed by atoms with Crippen LogP contribution in [-0.4, -0.2) is 46.6 Å². The highest BCUT2D eigenvalue weighted by Gasteiger charge is 2.23. The zero-order chi connectivity index (χ0) is 16.2. The van der Waals surface area contributed by atoms with E-state index in [1.54, 1.807) is 4.90 Å². The molecule has 0 atom stereocenters. The number of anilines is 1. The second-order valence-corrected chi connectivity index (χ2v) is 6.08. The van der Waals surface area contributed by atoms with Crippen LogP contribution in [0.1, 0.15) is 5.82 Å². The van der Waals surface area contributed by atoms with E-state index in [9.17, 15) is 4.79 Å². The molecule has 0 saturated carbocycles. The van der Waals surface area contributed by atoms with Gasteiger partial charge in [0.15, 0.2) is 5.16 Å². The van der Waals surface area contributed by atoms with Crippen LogP contribution in [0.25, 0.3) is 0 Å². The lowest BCUT2D eigenvalue weighted by atomic mass is 10.2. The zero-order valence-corrected chi connectivity index (χ0v) is 15.2. The van der Waals surface area contributed by atoms with Crippen molar-refractivity contribution in [3.63, 3.8) is 0 Å². The van der Waals surface area contributed by atoms with E-state index in [4.69, 9.17) is 4.74 Å². The highest BCUT2D eigenvalue weighted by Crippen LogP contribution is 2.31. The van der Waals surface area contributed by atoms with Gasteiger partial charge in [-0.15, -0.1) is 22.6 Å². The van der Waals surface area contributed by atoms with Gasteiger partial charge in [-0.3, -0.25) is 4.79 Å². The second kappa shape index (κ2) is 8.36. The number of halogens is 1. The molecule has 7 nitrogen and oxygen atoms in total. The Labute approximate surface area is 151 Å². The minimum Gasteiger partial charge on any atom is -0.490 e. The molecule has 0 radical (unpaired) electrons. The number of carbonyl (C=O) groups excluding carboxylic acids is 1. The smallest absolute Gasteiger partial charge is 0.237 e. The maximum Gasteiger partial charge on any atom is 0.237 e. The van der Waals surface area contributed by atoms with Crippen molar-refractivity contribution in [2.24, 2.45) is 7.05 Å². The summed E-state index contributed by atoms with van der Waals surface area (Å²) >= 11 is 1.40. The molecule has 9 heteroatoms. The maximum absolute atomic E-state index is 12.6. The highest BCUT2D eigenvalue weighted by atomic mass is 35.5. The zero-order valence-electron chi connectivity index (χ0n) is 13.6. The van der Waals surface area contributed by atoms with Crippen molar-refractivity contribution in [3.8, 4) is 5.75 Å². The number of rotatable bonds is 5. The molecular weight excluding hydrogens is 350 g/mol. The van der Waals surface area contributed by atoms with Gasteiger partial charge >= 0.3 is 0 Å². The third-order valence-electron chi connectivity index (χ3n) is 3.61. The lowest BCUT2D eigenvalue weighted by molar-refractivity contribution is -0.116. The molecule has 3 rings (SSSR count). The first-order valence-corrected chi connectivity index (χ1v) is 8.37. The molecule has 0 bridgehead atoms. The number of fused-ring (bicyclic) bond motifs is 1. The fourth-order valence-corrected chi connectivity index (χ4v) is 3.22. The summed E-state index contributed by atoms with van der Waals surface area (Å²) in [5.74, 6) is 1.97. The molecule has 0 aliphatic carbocycles. The molecule has 1 aromatic carbocycles. The van der Waals surface area contributed by atoms with Crippen LogP contribution < -0.4 is 15.0 Å². The van der Waals surface area contributed by atoms with Crippen LogP contribution in [0.5, 0.6) is 5.75 Å². The first-order chi connectivity index (χ1) is 11.2. The number of aromatic nitrogens is 3. The van der Waals surface area contributed by atoms with Gasteiger partial charge in [0.2, 0.25) is 5.91 Å². The van der Waals surface area contributed by atoms with E-state index < -0.39 is 0 Å². The molecule has 130 valence electrons. The topological polar surface area (TPSA) is 72.3 Å². The Bertz CT molecular complexity index is 709. The van der Waals surface area contributed by atoms with Crippen LogP contribution in [0.15, 0.2) is 29.4 Å². The molecule has 2 aromatic rings. The van der Waals surface area contributed by atoms with Gasteiger partial charge in [0.05, 0.1) is 24.5 Å². The number of para-hydroxylation sites is 2. The van der Waals surface area contributed by atoms with Gasteiger partial charge in [0, 0.05) is 7.05 Å². The normalized spacial score (nSPS) is 13.0. The van der Waals surface area contributed by atoms with E-state index in [1.165, 1.54) is 11.8 Å². The molecule has 0 fully saturated rings. The van der Waals surface area contributed by atoms with E-state index >= 15 is 0 Å². The number of hydrogen-bond donors (Lipinski definition) is 1. The van der Waals surface area contributed by atoms with E-state index in [2.05, 4.69) is 15.5 Å². The van der Waals surface area contributed by atoms with Gasteiger partial charge in [-0.25, -0.2) is 0 Å². The summed E-state index contributed by atoms with van der Waals surface area (Å²) in [6, 6.07) is 7.61. The van der Waals surface area contributed by atoms with E-state index in [0.29, 0.717) is 25.4 Å². The van der Waals surface area contributed by atoms with Crippen LogP contribution in [0.2, 0.25) is 0 Å². The Morgan fingerprint density at radius 1 is 1.38 bits per heavy atom. The number of nitrogens with one attached hydrogen (secondary N) is 1. The quantitative estimate of drug-likeness (QED) is 0.805. The Hall–Kier alpha value is -1.77. The molecule has 0 spiro atoms. The molecule has 0 unspecified atom stereocenters. The van der Waals surface area contributed by atoms with Gasteiger partial charge in [-0.2, -0.15) is 0 Å². The number of ether oxygens (including phenoxy) is 1. The van der Waals surface area contributed by atoms with Gasteiger partial charge in [-0.05, 0) is 19.2 Å². The van der Waals surface area contributed by atoms with Crippen molar-refractivity contribution in [3.05, 3.63) is 30.1 Å². The Morgan fingerprint density at radius 2 is 2.17 bits per heavy atom. The predicted octanol–water partition coefficient (Wildman–Crippen LogP) is 1.47. The lowest BCUT2D eigenvalue weighted by Crippen LogP contribution is -2.39. The van der Waals surface area contributed by atoms with Crippen LogP contribution in [0, 0.1) is 0 Å². The van der Waals surface area contributed by atoms with E-state index in [-0.39, 0.29) is 18.3 Å². The number of benzene rings is 1. The summed E-state index contributed by atoms with van der Waals surface area (Å²) in [5.41, 5.74) is 0.832. The molecule has 1 amide bonds. The summed E-state index contributed by atoms with van der Waals surface area (Å²) < 4.78 is 7.49. The number of amides is 1. The third-order valence-corrected chi connectivity index (χ3v) is 4.62. The minimum atomic E-state index is 0. The fourth-order valence-electron chi connectivity index (χ4n) is 2.42. The van der Waals surface area contributed by atoms with Gasteiger partial charge < -0.3 is 19.5 Å². The summed E-state index contributed by atoms with van der Waals surface area (Å²) in [7, 11) is 3.77. The number of hydrogen-bond acceptors (Lipinski definition) is 6. The number of thioether (sulfide) groups is 1.